The van der Waals surface area contributed by atoms with Crippen LogP contribution >= 0.6 is 11.6 Å². The summed E-state index contributed by atoms with van der Waals surface area (Å²) in [6.07, 6.45) is 0. The largest absolute Gasteiger partial charge is 0.461 e. The van der Waals surface area contributed by atoms with Crippen molar-refractivity contribution in [2.75, 3.05) is 39.2 Å². The Morgan fingerprint density at radius 2 is 1.89 bits per heavy atom. The first kappa shape index (κ1) is 25.6. The summed E-state index contributed by atoms with van der Waals surface area (Å²) < 4.78 is 37.8. The van der Waals surface area contributed by atoms with Gasteiger partial charge >= 0.3 is 5.97 Å². The third kappa shape index (κ3) is 5.83. The lowest BCUT2D eigenvalue weighted by Crippen LogP contribution is -2.42. The number of sulfone groups is 1. The molecule has 186 valence electrons. The highest BCUT2D eigenvalue weighted by atomic mass is 35.5. The molecule has 2 unspecified atom stereocenters. The summed E-state index contributed by atoms with van der Waals surface area (Å²) in [5, 5.41) is -0.642. The number of rotatable bonds is 7. The van der Waals surface area contributed by atoms with Gasteiger partial charge in [0, 0.05) is 29.7 Å². The number of halogens is 1. The predicted molar refractivity (Wildman–Crippen MR) is 136 cm³/mol. The maximum absolute atomic E-state index is 13.4. The standard InChI is InChI=1S/C26H29ClN2O5S/c1-18-23(26(30)34-13-12-29(2)16-19-8-4-3-5-9-19)24(20-10-6-7-11-21(20)27)25-22(28-18)17-33-14-15-35(25,31)32/h3-11,24-25H,12-17H2,1-2H3. The highest BCUT2D eigenvalue weighted by molar-refractivity contribution is 7.92. The van der Waals surface area contributed by atoms with Crippen molar-refractivity contribution in [3.8, 4) is 0 Å². The molecular weight excluding hydrogens is 488 g/mol. The normalized spacial score (nSPS) is 21.8. The lowest BCUT2D eigenvalue weighted by Gasteiger charge is -2.32. The molecule has 0 saturated carbocycles. The van der Waals surface area contributed by atoms with E-state index in [1.807, 2.05) is 37.4 Å². The zero-order chi connectivity index (χ0) is 25.0. The van der Waals surface area contributed by atoms with Crippen LogP contribution in [-0.4, -0.2) is 69.4 Å². The van der Waals surface area contributed by atoms with Crippen molar-refractivity contribution in [1.82, 2.24) is 4.90 Å². The molecule has 4 rings (SSSR count). The SMILES string of the molecule is CC1=C(C(=O)OCCN(C)Cc2ccccc2)C(c2ccccc2Cl)C2C(=N1)COCCS2(=O)=O. The lowest BCUT2D eigenvalue weighted by atomic mass is 9.83. The lowest BCUT2D eigenvalue weighted by molar-refractivity contribution is -0.139. The average molecular weight is 517 g/mol. The fraction of sp³-hybridized carbons (Fsp3) is 0.385. The minimum atomic E-state index is -3.66. The number of nitrogens with zero attached hydrogens (tertiary/aromatic N) is 2. The molecule has 0 aromatic heterocycles. The maximum atomic E-state index is 13.4. The van der Waals surface area contributed by atoms with E-state index >= 15 is 0 Å². The molecule has 2 aliphatic heterocycles. The van der Waals surface area contributed by atoms with E-state index in [2.05, 4.69) is 9.89 Å². The number of esters is 1. The van der Waals surface area contributed by atoms with E-state index in [0.717, 1.165) is 12.1 Å². The van der Waals surface area contributed by atoms with Gasteiger partial charge in [0.05, 0.1) is 30.3 Å². The van der Waals surface area contributed by atoms with Crippen molar-refractivity contribution in [1.29, 1.82) is 0 Å². The number of likely N-dealkylation sites (N-methyl/N-ethyl adjacent to an activating group) is 1. The topological polar surface area (TPSA) is 85.3 Å². The van der Waals surface area contributed by atoms with E-state index in [-0.39, 0.29) is 31.1 Å². The molecule has 0 N–H and O–H groups in total. The highest BCUT2D eigenvalue weighted by Crippen LogP contribution is 2.42. The van der Waals surface area contributed by atoms with Crippen LogP contribution in [0.1, 0.15) is 24.0 Å². The van der Waals surface area contributed by atoms with Gasteiger partial charge in [-0.05, 0) is 31.2 Å². The molecule has 0 radical (unpaired) electrons. The molecule has 2 atom stereocenters. The van der Waals surface area contributed by atoms with Gasteiger partial charge in [-0.25, -0.2) is 13.2 Å². The van der Waals surface area contributed by atoms with E-state index in [0.29, 0.717) is 28.5 Å². The number of fused-ring (bicyclic) bond motifs is 1. The number of hydrogen-bond donors (Lipinski definition) is 0. The van der Waals surface area contributed by atoms with Crippen LogP contribution in [0.15, 0.2) is 70.9 Å². The van der Waals surface area contributed by atoms with Gasteiger partial charge in [0.25, 0.3) is 0 Å². The molecule has 0 spiro atoms. The molecule has 2 aromatic rings. The number of benzene rings is 2. The Kier molecular flexibility index (Phi) is 8.06. The molecule has 0 amide bonds. The minimum Gasteiger partial charge on any atom is -0.461 e. The molecule has 2 aromatic carbocycles. The summed E-state index contributed by atoms with van der Waals surface area (Å²) in [5.41, 5.74) is 2.76. The number of hydrogen-bond acceptors (Lipinski definition) is 7. The molecule has 9 heteroatoms. The first-order chi connectivity index (χ1) is 16.8. The second-order valence-corrected chi connectivity index (χ2v) is 11.4. The van der Waals surface area contributed by atoms with Crippen molar-refractivity contribution in [2.24, 2.45) is 4.99 Å². The third-order valence-corrected chi connectivity index (χ3v) is 8.65. The average Bonchev–Trinajstić information content (AvgIpc) is 2.96. The monoisotopic (exact) mass is 516 g/mol. The number of aliphatic imine (C=N–C) groups is 1. The zero-order valence-corrected chi connectivity index (χ0v) is 21.4. The van der Waals surface area contributed by atoms with Crippen molar-refractivity contribution < 1.29 is 22.7 Å². The predicted octanol–water partition coefficient (Wildman–Crippen LogP) is 3.64. The number of carbonyl (C=O) groups excluding carboxylic acids is 1. The van der Waals surface area contributed by atoms with Crippen LogP contribution in [0.3, 0.4) is 0 Å². The van der Waals surface area contributed by atoms with Gasteiger partial charge in [0.1, 0.15) is 11.9 Å². The summed E-state index contributed by atoms with van der Waals surface area (Å²) >= 11 is 6.52. The summed E-state index contributed by atoms with van der Waals surface area (Å²) in [6.45, 7) is 3.27. The van der Waals surface area contributed by atoms with Crippen molar-refractivity contribution in [3.05, 3.63) is 82.0 Å². The molecular formula is C26H29ClN2O5S. The van der Waals surface area contributed by atoms with Gasteiger partial charge < -0.3 is 9.47 Å². The molecule has 1 saturated heterocycles. The van der Waals surface area contributed by atoms with Crippen LogP contribution < -0.4 is 0 Å². The highest BCUT2D eigenvalue weighted by Gasteiger charge is 2.47. The van der Waals surface area contributed by atoms with Gasteiger partial charge in [-0.2, -0.15) is 0 Å². The smallest absolute Gasteiger partial charge is 0.336 e. The van der Waals surface area contributed by atoms with Crippen LogP contribution in [0.2, 0.25) is 5.02 Å². The van der Waals surface area contributed by atoms with Crippen molar-refractivity contribution in [3.63, 3.8) is 0 Å². The van der Waals surface area contributed by atoms with Crippen LogP contribution in [0.5, 0.6) is 0 Å². The Morgan fingerprint density at radius 3 is 2.63 bits per heavy atom. The second kappa shape index (κ2) is 11.0. The summed E-state index contributed by atoms with van der Waals surface area (Å²) in [5.74, 6) is -1.55. The van der Waals surface area contributed by atoms with Crippen LogP contribution in [0.25, 0.3) is 0 Å². The van der Waals surface area contributed by atoms with Gasteiger partial charge in [0.2, 0.25) is 0 Å². The Morgan fingerprint density at radius 1 is 1.17 bits per heavy atom. The van der Waals surface area contributed by atoms with Gasteiger partial charge in [0.15, 0.2) is 9.84 Å². The maximum Gasteiger partial charge on any atom is 0.336 e. The molecule has 1 fully saturated rings. The van der Waals surface area contributed by atoms with Crippen molar-refractivity contribution >= 4 is 33.1 Å². The Balaban J connectivity index is 1.59. The zero-order valence-electron chi connectivity index (χ0n) is 19.8. The molecule has 0 bridgehead atoms. The summed E-state index contributed by atoms with van der Waals surface area (Å²) in [4.78, 5) is 19.9. The Bertz CT molecular complexity index is 1240. The number of ether oxygens (including phenoxy) is 2. The summed E-state index contributed by atoms with van der Waals surface area (Å²) in [6, 6.07) is 17.0. The molecule has 35 heavy (non-hydrogen) atoms. The summed E-state index contributed by atoms with van der Waals surface area (Å²) in [7, 11) is -1.71. The van der Waals surface area contributed by atoms with Gasteiger partial charge in [-0.15, -0.1) is 0 Å². The number of carbonyl (C=O) groups is 1. The van der Waals surface area contributed by atoms with Gasteiger partial charge in [-0.1, -0.05) is 60.1 Å². The van der Waals surface area contributed by atoms with E-state index in [1.54, 1.807) is 31.2 Å². The molecule has 2 aliphatic rings. The quantitative estimate of drug-likeness (QED) is 0.522. The fourth-order valence-corrected chi connectivity index (χ4v) is 6.67. The second-order valence-electron chi connectivity index (χ2n) is 8.80. The van der Waals surface area contributed by atoms with E-state index in [9.17, 15) is 13.2 Å². The molecule has 7 nitrogen and oxygen atoms in total. The van der Waals surface area contributed by atoms with E-state index < -0.39 is 27.0 Å². The first-order valence-corrected chi connectivity index (χ1v) is 13.6. The van der Waals surface area contributed by atoms with Gasteiger partial charge in [-0.3, -0.25) is 9.89 Å². The fourth-order valence-electron chi connectivity index (χ4n) is 4.58. The van der Waals surface area contributed by atoms with E-state index in [1.165, 1.54) is 0 Å². The van der Waals surface area contributed by atoms with E-state index in [4.69, 9.17) is 21.1 Å². The Labute approximate surface area is 211 Å². The molecule has 2 heterocycles. The third-order valence-electron chi connectivity index (χ3n) is 6.25. The Hall–Kier alpha value is -2.52. The van der Waals surface area contributed by atoms with Crippen LogP contribution in [-0.2, 0) is 30.7 Å². The number of allylic oxidation sites excluding steroid dienone is 1. The molecule has 0 aliphatic carbocycles. The minimum absolute atomic E-state index is 0.0830. The van der Waals surface area contributed by atoms with Crippen LogP contribution in [0, 0.1) is 0 Å². The first-order valence-electron chi connectivity index (χ1n) is 11.5. The van der Waals surface area contributed by atoms with Crippen LogP contribution in [0.4, 0.5) is 0 Å². The van der Waals surface area contributed by atoms with Crippen molar-refractivity contribution in [2.45, 2.75) is 24.6 Å².